The number of methoxy groups -OCH3 is 1. The Labute approximate surface area is 194 Å². The van der Waals surface area contributed by atoms with Gasteiger partial charge in [0.25, 0.3) is 5.91 Å². The number of ether oxygens (including phenoxy) is 1. The average Bonchev–Trinajstić information content (AvgIpc) is 3.08. The van der Waals surface area contributed by atoms with Gasteiger partial charge >= 0.3 is 10.1 Å². The maximum Gasteiger partial charge on any atom is 0.306 e. The van der Waals surface area contributed by atoms with Crippen molar-refractivity contribution in [3.63, 3.8) is 0 Å². The maximum absolute atomic E-state index is 14.8. The van der Waals surface area contributed by atoms with Gasteiger partial charge in [0.2, 0.25) is 0 Å². The Balaban J connectivity index is 1.89. The number of benzene rings is 3. The smallest absolute Gasteiger partial charge is 0.306 e. The van der Waals surface area contributed by atoms with Gasteiger partial charge in [0.1, 0.15) is 23.1 Å². The monoisotopic (exact) mass is 487 g/mol. The van der Waals surface area contributed by atoms with Crippen LogP contribution in [0.3, 0.4) is 0 Å². The van der Waals surface area contributed by atoms with Gasteiger partial charge in [-0.2, -0.15) is 8.42 Å². The SMILES string of the molecule is COc1ccc(F)c(-c2cc(C3(c4ccc(OS(C)(=O)=O)cc4)N=C(N)NC3=O)ccc2F)c1. The zero-order valence-electron chi connectivity index (χ0n) is 18.0. The minimum Gasteiger partial charge on any atom is -0.497 e. The van der Waals surface area contributed by atoms with Gasteiger partial charge in [0, 0.05) is 11.1 Å². The van der Waals surface area contributed by atoms with Crippen molar-refractivity contribution in [2.24, 2.45) is 10.7 Å². The summed E-state index contributed by atoms with van der Waals surface area (Å²) in [6, 6.07) is 13.2. The van der Waals surface area contributed by atoms with E-state index >= 15 is 0 Å². The van der Waals surface area contributed by atoms with Crippen LogP contribution in [0.2, 0.25) is 0 Å². The second-order valence-corrected chi connectivity index (χ2v) is 9.09. The molecule has 176 valence electrons. The lowest BCUT2D eigenvalue weighted by Crippen LogP contribution is -2.39. The zero-order valence-corrected chi connectivity index (χ0v) is 18.8. The third kappa shape index (κ3) is 4.17. The van der Waals surface area contributed by atoms with Gasteiger partial charge in [-0.3, -0.25) is 10.1 Å². The molecule has 1 amide bonds. The Morgan fingerprint density at radius 2 is 1.47 bits per heavy atom. The summed E-state index contributed by atoms with van der Waals surface area (Å²) in [5.74, 6) is -1.86. The molecule has 1 unspecified atom stereocenters. The van der Waals surface area contributed by atoms with E-state index in [1.165, 1.54) is 55.6 Å². The van der Waals surface area contributed by atoms with Gasteiger partial charge in [0.05, 0.1) is 13.4 Å². The topological polar surface area (TPSA) is 120 Å². The van der Waals surface area contributed by atoms with Crippen LogP contribution >= 0.6 is 0 Å². The highest BCUT2D eigenvalue weighted by molar-refractivity contribution is 7.86. The molecule has 11 heteroatoms. The lowest BCUT2D eigenvalue weighted by atomic mass is 9.82. The predicted molar refractivity (Wildman–Crippen MR) is 121 cm³/mol. The molecular weight excluding hydrogens is 468 g/mol. The molecule has 0 saturated carbocycles. The van der Waals surface area contributed by atoms with Gasteiger partial charge in [-0.15, -0.1) is 0 Å². The predicted octanol–water partition coefficient (Wildman–Crippen LogP) is 2.67. The summed E-state index contributed by atoms with van der Waals surface area (Å²) in [6.45, 7) is 0. The Bertz CT molecular complexity index is 1430. The number of nitrogens with zero attached hydrogens (tertiary/aromatic N) is 1. The van der Waals surface area contributed by atoms with E-state index in [9.17, 15) is 22.0 Å². The van der Waals surface area contributed by atoms with Crippen LogP contribution in [0.5, 0.6) is 11.5 Å². The molecule has 0 radical (unpaired) electrons. The molecule has 0 bridgehead atoms. The molecule has 0 spiro atoms. The maximum atomic E-state index is 14.8. The molecular formula is C23H19F2N3O5S. The van der Waals surface area contributed by atoms with Crippen molar-refractivity contribution in [1.29, 1.82) is 0 Å². The summed E-state index contributed by atoms with van der Waals surface area (Å²) in [6.07, 6.45) is 0.898. The highest BCUT2D eigenvalue weighted by atomic mass is 32.2. The van der Waals surface area contributed by atoms with E-state index in [1.807, 2.05) is 0 Å². The molecule has 1 heterocycles. The first-order chi connectivity index (χ1) is 16.0. The lowest BCUT2D eigenvalue weighted by molar-refractivity contribution is -0.122. The average molecular weight is 487 g/mol. The minimum absolute atomic E-state index is 0.0232. The van der Waals surface area contributed by atoms with Crippen molar-refractivity contribution >= 4 is 22.0 Å². The van der Waals surface area contributed by atoms with Crippen molar-refractivity contribution in [2.75, 3.05) is 13.4 Å². The van der Waals surface area contributed by atoms with Gasteiger partial charge < -0.3 is 14.7 Å². The second-order valence-electron chi connectivity index (χ2n) is 7.51. The first-order valence-corrected chi connectivity index (χ1v) is 11.7. The molecule has 3 N–H and O–H groups in total. The summed E-state index contributed by atoms with van der Waals surface area (Å²) >= 11 is 0. The van der Waals surface area contributed by atoms with Crippen molar-refractivity contribution in [1.82, 2.24) is 5.32 Å². The highest BCUT2D eigenvalue weighted by Crippen LogP contribution is 2.40. The number of hydrogen-bond donors (Lipinski definition) is 2. The Morgan fingerprint density at radius 1 is 0.912 bits per heavy atom. The zero-order chi connectivity index (χ0) is 24.7. The van der Waals surface area contributed by atoms with Crippen LogP contribution in [0.1, 0.15) is 11.1 Å². The number of nitrogens with one attached hydrogen (secondary N) is 1. The van der Waals surface area contributed by atoms with Crippen LogP contribution in [0.4, 0.5) is 8.78 Å². The number of rotatable bonds is 6. The standard InChI is InChI=1S/C23H19F2N3O5S/c1-32-16-8-10-20(25)18(12-16)17-11-14(5-9-19(17)24)23(21(29)27-22(26)28-23)13-3-6-15(7-4-13)33-34(2,30)31/h3-12H,1-2H3,(H3,26,27,28,29). The van der Waals surface area contributed by atoms with Crippen LogP contribution in [-0.2, 0) is 20.5 Å². The molecule has 0 aliphatic carbocycles. The normalized spacial score (nSPS) is 17.8. The Hall–Kier alpha value is -3.99. The van der Waals surface area contributed by atoms with Crippen LogP contribution in [0.25, 0.3) is 11.1 Å². The molecule has 0 fully saturated rings. The van der Waals surface area contributed by atoms with Gasteiger partial charge in [-0.25, -0.2) is 13.8 Å². The third-order valence-electron chi connectivity index (χ3n) is 5.23. The van der Waals surface area contributed by atoms with E-state index < -0.39 is 33.2 Å². The molecule has 3 aromatic rings. The van der Waals surface area contributed by atoms with E-state index in [-0.39, 0.29) is 28.4 Å². The van der Waals surface area contributed by atoms with E-state index in [2.05, 4.69) is 10.3 Å². The molecule has 0 saturated heterocycles. The lowest BCUT2D eigenvalue weighted by Gasteiger charge is -2.25. The number of nitrogens with two attached hydrogens (primary N) is 1. The van der Waals surface area contributed by atoms with Crippen LogP contribution in [0, 0.1) is 11.6 Å². The van der Waals surface area contributed by atoms with Gasteiger partial charge in [-0.1, -0.05) is 18.2 Å². The molecule has 1 aliphatic rings. The summed E-state index contributed by atoms with van der Waals surface area (Å²) in [5.41, 5.74) is 4.39. The van der Waals surface area contributed by atoms with E-state index in [1.54, 1.807) is 0 Å². The molecule has 0 aromatic heterocycles. The number of carbonyl (C=O) groups is 1. The fourth-order valence-corrected chi connectivity index (χ4v) is 4.21. The number of carbonyl (C=O) groups excluding carboxylic acids is 1. The third-order valence-corrected chi connectivity index (χ3v) is 5.72. The van der Waals surface area contributed by atoms with Crippen molar-refractivity contribution in [3.8, 4) is 22.6 Å². The van der Waals surface area contributed by atoms with E-state index in [4.69, 9.17) is 14.7 Å². The Morgan fingerprint density at radius 3 is 2.03 bits per heavy atom. The number of guanidine groups is 1. The van der Waals surface area contributed by atoms with Crippen molar-refractivity contribution in [2.45, 2.75) is 5.54 Å². The molecule has 4 rings (SSSR count). The molecule has 8 nitrogen and oxygen atoms in total. The summed E-state index contributed by atoms with van der Waals surface area (Å²) in [7, 11) is -2.36. The van der Waals surface area contributed by atoms with Gasteiger partial charge in [-0.05, 0) is 53.6 Å². The van der Waals surface area contributed by atoms with Crippen LogP contribution in [-0.4, -0.2) is 33.7 Å². The summed E-state index contributed by atoms with van der Waals surface area (Å²) in [5, 5.41) is 2.43. The number of amides is 1. The fourth-order valence-electron chi connectivity index (χ4n) is 3.75. The van der Waals surface area contributed by atoms with Gasteiger partial charge in [0.15, 0.2) is 11.5 Å². The van der Waals surface area contributed by atoms with Crippen LogP contribution < -0.4 is 20.0 Å². The molecule has 1 atom stereocenters. The highest BCUT2D eigenvalue weighted by Gasteiger charge is 2.47. The fraction of sp³-hybridized carbons (Fsp3) is 0.130. The first kappa shape index (κ1) is 23.2. The summed E-state index contributed by atoms with van der Waals surface area (Å²) < 4.78 is 62.2. The van der Waals surface area contributed by atoms with Crippen LogP contribution in [0.15, 0.2) is 65.7 Å². The minimum atomic E-state index is -3.76. The van der Waals surface area contributed by atoms with E-state index in [0.29, 0.717) is 11.3 Å². The van der Waals surface area contributed by atoms with E-state index in [0.717, 1.165) is 18.4 Å². The largest absolute Gasteiger partial charge is 0.497 e. The Kier molecular flexibility index (Phi) is 5.74. The first-order valence-electron chi connectivity index (χ1n) is 9.84. The molecule has 1 aliphatic heterocycles. The number of aliphatic imine (C=N–C) groups is 1. The number of halogens is 2. The number of hydrogen-bond acceptors (Lipinski definition) is 7. The van der Waals surface area contributed by atoms with Crippen molar-refractivity contribution < 1.29 is 30.9 Å². The molecule has 34 heavy (non-hydrogen) atoms. The second kappa shape index (κ2) is 8.41. The van der Waals surface area contributed by atoms with Crippen molar-refractivity contribution in [3.05, 3.63) is 83.4 Å². The summed E-state index contributed by atoms with van der Waals surface area (Å²) in [4.78, 5) is 17.4. The molecule has 3 aromatic carbocycles. The quantitative estimate of drug-likeness (QED) is 0.516.